The summed E-state index contributed by atoms with van der Waals surface area (Å²) in [6.45, 7) is 0.946. The van der Waals surface area contributed by atoms with E-state index in [1.165, 1.54) is 0 Å². The number of piperidine rings is 2. The van der Waals surface area contributed by atoms with E-state index in [9.17, 15) is 14.4 Å². The van der Waals surface area contributed by atoms with E-state index in [4.69, 9.17) is 4.74 Å². The predicted octanol–water partition coefficient (Wildman–Crippen LogP) is 3.05. The number of nitrogens with one attached hydrogen (secondary N) is 2. The van der Waals surface area contributed by atoms with E-state index >= 15 is 8.78 Å². The molecule has 2 saturated heterocycles. The summed E-state index contributed by atoms with van der Waals surface area (Å²) in [6, 6.07) is 9.24. The van der Waals surface area contributed by atoms with Crippen LogP contribution < -0.4 is 15.4 Å². The molecule has 1 unspecified atom stereocenters. The van der Waals surface area contributed by atoms with Crippen molar-refractivity contribution in [1.82, 2.24) is 25.3 Å². The van der Waals surface area contributed by atoms with Crippen molar-refractivity contribution < 1.29 is 29.3 Å². The van der Waals surface area contributed by atoms with Gasteiger partial charge in [-0.3, -0.25) is 29.3 Å². The first-order valence-electron chi connectivity index (χ1n) is 13.1. The van der Waals surface area contributed by atoms with Crippen LogP contribution in [0.1, 0.15) is 54.2 Å². The first kappa shape index (κ1) is 25.4. The summed E-state index contributed by atoms with van der Waals surface area (Å²) in [5, 5.41) is 10.3. The van der Waals surface area contributed by atoms with Crippen LogP contribution in [-0.4, -0.2) is 58.0 Å². The smallest absolute Gasteiger partial charge is 0.273 e. The minimum Gasteiger partial charge on any atom is -0.492 e. The zero-order chi connectivity index (χ0) is 27.4. The molecule has 5 heterocycles. The number of hydrogen-bond donors (Lipinski definition) is 2. The van der Waals surface area contributed by atoms with Gasteiger partial charge in [0.15, 0.2) is 0 Å². The molecule has 0 radical (unpaired) electrons. The number of fused-ring (bicyclic) bond motifs is 5. The van der Waals surface area contributed by atoms with E-state index in [1.54, 1.807) is 23.0 Å². The van der Waals surface area contributed by atoms with Gasteiger partial charge >= 0.3 is 0 Å². The molecule has 3 aromatic rings. The molecular formula is C28H31F2N5O4. The Hall–Kier alpha value is -3.86. The molecule has 3 amide bonds. The van der Waals surface area contributed by atoms with Gasteiger partial charge in [0.1, 0.15) is 12.4 Å². The van der Waals surface area contributed by atoms with Gasteiger partial charge in [-0.15, -0.1) is 0 Å². The molecule has 1 atom stereocenters. The SMILES string of the molecule is Cn1ncc2c(CN3CCC4(COc5c4ccc4c5CNC4=O)C(F)(F)C3)cccc21.O=C1CCCC(=O)N1.[HH]. The van der Waals surface area contributed by atoms with E-state index in [-0.39, 0.29) is 32.3 Å². The third-order valence-electron chi connectivity index (χ3n) is 8.25. The quantitative estimate of drug-likeness (QED) is 0.485. The number of amides is 3. The number of imide groups is 1. The molecule has 4 aliphatic rings. The molecule has 2 aromatic carbocycles. The molecule has 9 nitrogen and oxygen atoms in total. The Morgan fingerprint density at radius 1 is 1.13 bits per heavy atom. The lowest BCUT2D eigenvalue weighted by molar-refractivity contribution is -0.135. The molecule has 39 heavy (non-hydrogen) atoms. The normalized spacial score (nSPS) is 23.5. The lowest BCUT2D eigenvalue weighted by Gasteiger charge is -2.44. The molecule has 1 aromatic heterocycles. The van der Waals surface area contributed by atoms with Crippen molar-refractivity contribution in [1.29, 1.82) is 0 Å². The summed E-state index contributed by atoms with van der Waals surface area (Å²) in [4.78, 5) is 34.5. The largest absolute Gasteiger partial charge is 0.492 e. The number of ether oxygens (including phenoxy) is 1. The van der Waals surface area contributed by atoms with Gasteiger partial charge < -0.3 is 10.1 Å². The molecule has 7 rings (SSSR count). The Kier molecular flexibility index (Phi) is 6.13. The molecule has 0 bridgehead atoms. The maximum absolute atomic E-state index is 15.7. The Balaban J connectivity index is 0.000000312. The second kappa shape index (κ2) is 9.41. The summed E-state index contributed by atoms with van der Waals surface area (Å²) in [7, 11) is 1.88. The van der Waals surface area contributed by atoms with Gasteiger partial charge in [-0.2, -0.15) is 5.10 Å². The summed E-state index contributed by atoms with van der Waals surface area (Å²) in [6.07, 6.45) is 3.82. The third-order valence-corrected chi connectivity index (χ3v) is 8.25. The minimum atomic E-state index is -2.95. The van der Waals surface area contributed by atoms with Crippen LogP contribution in [0.25, 0.3) is 10.9 Å². The first-order chi connectivity index (χ1) is 18.7. The first-order valence-corrected chi connectivity index (χ1v) is 13.1. The fourth-order valence-corrected chi connectivity index (χ4v) is 6.09. The number of halogens is 2. The molecule has 4 aliphatic heterocycles. The van der Waals surface area contributed by atoms with E-state index in [1.807, 2.05) is 30.1 Å². The zero-order valence-corrected chi connectivity index (χ0v) is 21.6. The number of nitrogens with zero attached hydrogens (tertiary/aromatic N) is 3. The van der Waals surface area contributed by atoms with Crippen molar-refractivity contribution in [3.05, 3.63) is 58.8 Å². The summed E-state index contributed by atoms with van der Waals surface area (Å²) in [5.41, 5.74) is 2.43. The highest BCUT2D eigenvalue weighted by atomic mass is 19.3. The highest BCUT2D eigenvalue weighted by Gasteiger charge is 2.62. The number of aryl methyl sites for hydroxylation is 1. The van der Waals surface area contributed by atoms with Gasteiger partial charge in [0.05, 0.1) is 23.7 Å². The van der Waals surface area contributed by atoms with E-state index in [2.05, 4.69) is 15.7 Å². The second-order valence-electron chi connectivity index (χ2n) is 10.6. The maximum Gasteiger partial charge on any atom is 0.273 e. The number of alkyl halides is 2. The van der Waals surface area contributed by atoms with Crippen molar-refractivity contribution in [2.24, 2.45) is 7.05 Å². The van der Waals surface area contributed by atoms with Crippen LogP contribution in [0.2, 0.25) is 0 Å². The number of carbonyl (C=O) groups excluding carboxylic acids is 3. The molecule has 11 heteroatoms. The molecule has 0 aliphatic carbocycles. The van der Waals surface area contributed by atoms with E-state index < -0.39 is 11.3 Å². The Morgan fingerprint density at radius 3 is 2.64 bits per heavy atom. The summed E-state index contributed by atoms with van der Waals surface area (Å²) < 4.78 is 39.1. The summed E-state index contributed by atoms with van der Waals surface area (Å²) in [5.74, 6) is -2.93. The van der Waals surface area contributed by atoms with Crippen molar-refractivity contribution in [2.45, 2.75) is 50.1 Å². The second-order valence-corrected chi connectivity index (χ2v) is 10.6. The Bertz CT molecular complexity index is 1500. The highest BCUT2D eigenvalue weighted by molar-refractivity contribution is 5.99. The van der Waals surface area contributed by atoms with Crippen LogP contribution in [0.5, 0.6) is 5.75 Å². The molecule has 0 saturated carbocycles. The average Bonchev–Trinajstić information content (AvgIpc) is 3.58. The maximum atomic E-state index is 15.7. The number of rotatable bonds is 2. The molecular weight excluding hydrogens is 508 g/mol. The number of benzene rings is 2. The summed E-state index contributed by atoms with van der Waals surface area (Å²) >= 11 is 0. The van der Waals surface area contributed by atoms with Gasteiger partial charge in [-0.1, -0.05) is 18.2 Å². The Labute approximate surface area is 225 Å². The predicted molar refractivity (Wildman–Crippen MR) is 139 cm³/mol. The van der Waals surface area contributed by atoms with Crippen LogP contribution in [-0.2, 0) is 35.1 Å². The fourth-order valence-electron chi connectivity index (χ4n) is 6.09. The Morgan fingerprint density at radius 2 is 1.92 bits per heavy atom. The molecule has 2 fully saturated rings. The fraction of sp³-hybridized carbons (Fsp3) is 0.429. The molecule has 206 valence electrons. The van der Waals surface area contributed by atoms with E-state index in [0.717, 1.165) is 16.5 Å². The van der Waals surface area contributed by atoms with Gasteiger partial charge in [0, 0.05) is 56.5 Å². The standard InChI is InChI=1S/C23H22F2N4O2.C5H7NO2.H2/c1-28-19-4-2-3-14(16(19)10-27-28)11-29-8-7-22(23(24,25)12-29)13-31-20-17-9-26-21(30)15(17)5-6-18(20)22;7-4-2-1-3-5(8)6-4;/h2-6,10H,7-9,11-13H2,1H3,(H,26,30);1-3H2,(H,6,7,8);1H. The highest BCUT2D eigenvalue weighted by Crippen LogP contribution is 2.54. The van der Waals surface area contributed by atoms with Crippen LogP contribution in [0.3, 0.4) is 0 Å². The van der Waals surface area contributed by atoms with Gasteiger partial charge in [-0.05, 0) is 37.1 Å². The van der Waals surface area contributed by atoms with Gasteiger partial charge in [0.25, 0.3) is 11.8 Å². The van der Waals surface area contributed by atoms with Crippen LogP contribution in [0, 0.1) is 0 Å². The topological polar surface area (TPSA) is 106 Å². The number of carbonyl (C=O) groups is 3. The van der Waals surface area contributed by atoms with Crippen molar-refractivity contribution in [3.63, 3.8) is 0 Å². The van der Waals surface area contributed by atoms with Crippen molar-refractivity contribution in [2.75, 3.05) is 19.7 Å². The minimum absolute atomic E-state index is 0. The number of likely N-dealkylation sites (tertiary alicyclic amines) is 1. The zero-order valence-electron chi connectivity index (χ0n) is 21.6. The van der Waals surface area contributed by atoms with Crippen LogP contribution in [0.15, 0.2) is 36.5 Å². The van der Waals surface area contributed by atoms with Crippen LogP contribution in [0.4, 0.5) is 8.78 Å². The molecule has 2 N–H and O–H groups in total. The monoisotopic (exact) mass is 539 g/mol. The lowest BCUT2D eigenvalue weighted by Crippen LogP contribution is -2.58. The third kappa shape index (κ3) is 4.25. The van der Waals surface area contributed by atoms with Crippen LogP contribution >= 0.6 is 0 Å². The number of aromatic nitrogens is 2. The average molecular weight is 540 g/mol. The van der Waals surface area contributed by atoms with Crippen molar-refractivity contribution in [3.8, 4) is 5.75 Å². The molecule has 1 spiro atoms. The van der Waals surface area contributed by atoms with E-state index in [0.29, 0.717) is 67.8 Å². The van der Waals surface area contributed by atoms with Crippen molar-refractivity contribution >= 4 is 28.6 Å². The lowest BCUT2D eigenvalue weighted by atomic mass is 9.71. The number of hydrogen-bond acceptors (Lipinski definition) is 6. The van der Waals surface area contributed by atoms with Gasteiger partial charge in [-0.25, -0.2) is 8.78 Å². The van der Waals surface area contributed by atoms with Gasteiger partial charge in [0.2, 0.25) is 11.8 Å².